The summed E-state index contributed by atoms with van der Waals surface area (Å²) in [5, 5.41) is 28.4. The number of nitrogens with two attached hydrogens (primary N) is 1. The predicted octanol–water partition coefficient (Wildman–Crippen LogP) is 2.40. The van der Waals surface area contributed by atoms with Gasteiger partial charge >= 0.3 is 5.97 Å². The third-order valence-corrected chi connectivity index (χ3v) is 2.85. The van der Waals surface area contributed by atoms with E-state index < -0.39 is 11.8 Å². The van der Waals surface area contributed by atoms with E-state index in [1.54, 1.807) is 42.5 Å². The topological polar surface area (TPSA) is 145 Å². The van der Waals surface area contributed by atoms with E-state index in [0.717, 1.165) is 0 Å². The molecule has 0 atom stereocenters. The molecule has 120 valence electrons. The van der Waals surface area contributed by atoms with Crippen molar-refractivity contribution in [1.82, 2.24) is 0 Å². The number of hydrogen-bond donors (Lipinski definition) is 4. The first-order valence-corrected chi connectivity index (χ1v) is 6.69. The molecule has 2 aromatic carbocycles. The molecule has 8 nitrogen and oxygen atoms in total. The molecule has 0 saturated heterocycles. The first-order valence-electron chi connectivity index (χ1n) is 6.69. The number of rotatable bonds is 6. The largest absolute Gasteiger partial charge is 0.478 e. The van der Waals surface area contributed by atoms with Gasteiger partial charge in [-0.25, -0.2) is 4.79 Å². The van der Waals surface area contributed by atoms with Gasteiger partial charge in [-0.2, -0.15) is 10.4 Å². The monoisotopic (exact) mass is 323 g/mol. The fraction of sp³-hybridized carbons (Fsp3) is 0. The normalized spacial score (nSPS) is 10.5. The lowest BCUT2D eigenvalue weighted by molar-refractivity contribution is 0.0697. The van der Waals surface area contributed by atoms with Crippen molar-refractivity contribution in [2.45, 2.75) is 0 Å². The zero-order valence-corrected chi connectivity index (χ0v) is 12.4. The van der Waals surface area contributed by atoms with Crippen LogP contribution in [-0.2, 0) is 0 Å². The van der Waals surface area contributed by atoms with Crippen molar-refractivity contribution >= 4 is 23.2 Å². The lowest BCUT2D eigenvalue weighted by atomic mass is 10.2. The Morgan fingerprint density at radius 3 is 2.17 bits per heavy atom. The molecule has 0 radical (unpaired) electrons. The van der Waals surface area contributed by atoms with Crippen LogP contribution in [0.4, 0.5) is 5.69 Å². The van der Waals surface area contributed by atoms with E-state index in [0.29, 0.717) is 17.2 Å². The van der Waals surface area contributed by atoms with Crippen LogP contribution >= 0.6 is 0 Å². The molecule has 0 unspecified atom stereocenters. The van der Waals surface area contributed by atoms with Gasteiger partial charge in [-0.15, -0.1) is 0 Å². The Morgan fingerprint density at radius 1 is 1.17 bits per heavy atom. The van der Waals surface area contributed by atoms with Crippen molar-refractivity contribution in [3.05, 3.63) is 54.1 Å². The van der Waals surface area contributed by atoms with E-state index >= 15 is 0 Å². The van der Waals surface area contributed by atoms with E-state index in [-0.39, 0.29) is 11.3 Å². The highest BCUT2D eigenvalue weighted by Crippen LogP contribution is 2.23. The number of nitrogens with zero attached hydrogens (tertiary/aromatic N) is 2. The molecule has 0 aliphatic rings. The Morgan fingerprint density at radius 2 is 1.71 bits per heavy atom. The van der Waals surface area contributed by atoms with E-state index in [9.17, 15) is 4.79 Å². The summed E-state index contributed by atoms with van der Waals surface area (Å²) in [5.74, 6) is -0.378. The summed E-state index contributed by atoms with van der Waals surface area (Å²) in [4.78, 5) is 10.8. The van der Waals surface area contributed by atoms with Gasteiger partial charge in [0.15, 0.2) is 5.84 Å². The number of carboxylic acid groups (broad SMARTS) is 1. The maximum Gasteiger partial charge on any atom is 0.335 e. The summed E-state index contributed by atoms with van der Waals surface area (Å²) in [5.41, 5.74) is 8.34. The first kappa shape index (κ1) is 16.5. The minimum atomic E-state index is -1.00. The summed E-state index contributed by atoms with van der Waals surface area (Å²) in [6.45, 7) is 0. The van der Waals surface area contributed by atoms with Crippen LogP contribution in [0.2, 0.25) is 0 Å². The molecule has 0 heterocycles. The number of nitrogens with one attached hydrogen (secondary N) is 2. The van der Waals surface area contributed by atoms with Crippen LogP contribution in [0.1, 0.15) is 10.4 Å². The number of ether oxygens (including phenoxy) is 1. The van der Waals surface area contributed by atoms with Crippen LogP contribution < -0.4 is 15.9 Å². The second-order valence-corrected chi connectivity index (χ2v) is 4.55. The number of carboxylic acids is 1. The van der Waals surface area contributed by atoms with Crippen LogP contribution in [-0.4, -0.2) is 22.6 Å². The van der Waals surface area contributed by atoms with Crippen LogP contribution in [0.25, 0.3) is 0 Å². The molecule has 5 N–H and O–H groups in total. The van der Waals surface area contributed by atoms with Gasteiger partial charge in [0.1, 0.15) is 17.6 Å². The molecule has 0 fully saturated rings. The molecule has 0 amide bonds. The highest BCUT2D eigenvalue weighted by atomic mass is 16.5. The molecular weight excluding hydrogens is 310 g/mol. The number of anilines is 1. The molecule has 24 heavy (non-hydrogen) atoms. The number of carbonyl (C=O) groups is 1. The van der Waals surface area contributed by atoms with E-state index in [1.165, 1.54) is 12.1 Å². The molecule has 0 aliphatic heterocycles. The van der Waals surface area contributed by atoms with Crippen LogP contribution in [0.15, 0.2) is 53.6 Å². The molecule has 2 rings (SSSR count). The fourth-order valence-electron chi connectivity index (χ4n) is 1.67. The highest BCUT2D eigenvalue weighted by Gasteiger charge is 2.04. The van der Waals surface area contributed by atoms with Crippen molar-refractivity contribution in [2.24, 2.45) is 10.8 Å². The number of hydrogen-bond acceptors (Lipinski definition) is 6. The quantitative estimate of drug-likeness (QED) is 0.365. The Bertz CT molecular complexity index is 820. The van der Waals surface area contributed by atoms with Gasteiger partial charge in [0.05, 0.1) is 11.3 Å². The second kappa shape index (κ2) is 7.42. The van der Waals surface area contributed by atoms with E-state index in [1.807, 2.05) is 0 Å². The summed E-state index contributed by atoms with van der Waals surface area (Å²) >= 11 is 0. The van der Waals surface area contributed by atoms with Crippen molar-refractivity contribution < 1.29 is 14.6 Å². The molecule has 0 aromatic heterocycles. The maximum atomic E-state index is 10.8. The molecular formula is C16H13N5O3. The molecule has 0 spiro atoms. The van der Waals surface area contributed by atoms with Gasteiger partial charge in [0.2, 0.25) is 5.71 Å². The lowest BCUT2D eigenvalue weighted by Gasteiger charge is -2.07. The Hall–Kier alpha value is -3.86. The number of aromatic carboxylic acids is 1. The van der Waals surface area contributed by atoms with Gasteiger partial charge in [-0.1, -0.05) is 0 Å². The third-order valence-electron chi connectivity index (χ3n) is 2.85. The number of benzene rings is 2. The highest BCUT2D eigenvalue weighted by molar-refractivity contribution is 6.45. The lowest BCUT2D eigenvalue weighted by Crippen LogP contribution is -2.21. The number of amidine groups is 1. The van der Waals surface area contributed by atoms with Crippen molar-refractivity contribution in [1.29, 1.82) is 10.7 Å². The first-order chi connectivity index (χ1) is 11.5. The van der Waals surface area contributed by atoms with Crippen LogP contribution in [0, 0.1) is 16.7 Å². The van der Waals surface area contributed by atoms with Gasteiger partial charge in [0, 0.05) is 0 Å². The minimum absolute atomic E-state index is 0.179. The Labute approximate surface area is 137 Å². The second-order valence-electron chi connectivity index (χ2n) is 4.55. The smallest absolute Gasteiger partial charge is 0.335 e. The summed E-state index contributed by atoms with van der Waals surface area (Å²) in [6, 6.07) is 14.4. The molecule has 0 bridgehead atoms. The maximum absolute atomic E-state index is 10.8. The molecule has 2 aromatic rings. The van der Waals surface area contributed by atoms with Crippen LogP contribution in [0.5, 0.6) is 11.5 Å². The fourth-order valence-corrected chi connectivity index (χ4v) is 1.67. The predicted molar refractivity (Wildman–Crippen MR) is 88.5 cm³/mol. The third kappa shape index (κ3) is 4.32. The molecule has 8 heteroatoms. The van der Waals surface area contributed by atoms with Crippen LogP contribution in [0.3, 0.4) is 0 Å². The van der Waals surface area contributed by atoms with E-state index in [2.05, 4.69) is 10.5 Å². The van der Waals surface area contributed by atoms with E-state index in [4.69, 9.17) is 26.2 Å². The van der Waals surface area contributed by atoms with Gasteiger partial charge in [-0.05, 0) is 48.5 Å². The zero-order valence-electron chi connectivity index (χ0n) is 12.4. The Balaban J connectivity index is 2.03. The summed E-state index contributed by atoms with van der Waals surface area (Å²) in [7, 11) is 0. The average molecular weight is 323 g/mol. The van der Waals surface area contributed by atoms with Crippen molar-refractivity contribution in [3.8, 4) is 17.6 Å². The van der Waals surface area contributed by atoms with Gasteiger partial charge < -0.3 is 15.6 Å². The number of hydrazone groups is 1. The summed E-state index contributed by atoms with van der Waals surface area (Å²) in [6.07, 6.45) is 0. The standard InChI is InChI=1S/C16H13N5O3/c17-9-14(15(18)19)21-20-11-3-7-13(8-4-11)24-12-5-1-10(2-6-12)16(22)23/h1-8,20H,(H3,18,19)(H,22,23)/b21-14+. The van der Waals surface area contributed by atoms with Gasteiger partial charge in [-0.3, -0.25) is 10.8 Å². The Kier molecular flexibility index (Phi) is 5.10. The SMILES string of the molecule is N#C/C(=N\Nc1ccc(Oc2ccc(C(=O)O)cc2)cc1)C(=N)N. The molecule has 0 saturated carbocycles. The molecule has 0 aliphatic carbocycles. The minimum Gasteiger partial charge on any atom is -0.478 e. The van der Waals surface area contributed by atoms with Gasteiger partial charge in [0.25, 0.3) is 0 Å². The zero-order chi connectivity index (χ0) is 17.5. The van der Waals surface area contributed by atoms with Crippen molar-refractivity contribution in [3.63, 3.8) is 0 Å². The van der Waals surface area contributed by atoms with Crippen molar-refractivity contribution in [2.75, 3.05) is 5.43 Å². The average Bonchev–Trinajstić information content (AvgIpc) is 2.57. The summed E-state index contributed by atoms with van der Waals surface area (Å²) < 4.78 is 5.59. The number of nitriles is 1.